The molecule has 5 heteroatoms. The van der Waals surface area contributed by atoms with Gasteiger partial charge >= 0.3 is 5.97 Å². The summed E-state index contributed by atoms with van der Waals surface area (Å²) in [6, 6.07) is 9.09. The third-order valence-electron chi connectivity index (χ3n) is 3.32. The second-order valence-electron chi connectivity index (χ2n) is 4.80. The van der Waals surface area contributed by atoms with E-state index in [9.17, 15) is 9.59 Å². The Labute approximate surface area is 118 Å². The standard InChI is InChI=1S/C15H20N2O3/c1-2-20-15(19)14(11-6-4-3-5-7-11)17-12-8-9-13(18)16-10-12/h3-7,12,14,17H,2,8-10H2,1H3,(H,16,18). The Balaban J connectivity index is 2.07. The average molecular weight is 276 g/mol. The van der Waals surface area contributed by atoms with Gasteiger partial charge in [-0.3, -0.25) is 10.1 Å². The molecule has 2 unspecified atom stereocenters. The summed E-state index contributed by atoms with van der Waals surface area (Å²) in [6.07, 6.45) is 1.22. The summed E-state index contributed by atoms with van der Waals surface area (Å²) >= 11 is 0. The summed E-state index contributed by atoms with van der Waals surface area (Å²) < 4.78 is 5.13. The summed E-state index contributed by atoms with van der Waals surface area (Å²) in [6.45, 7) is 2.69. The molecule has 2 rings (SSSR count). The van der Waals surface area contributed by atoms with Gasteiger partial charge in [-0.25, -0.2) is 4.79 Å². The molecule has 1 aromatic carbocycles. The lowest BCUT2D eigenvalue weighted by Crippen LogP contribution is -2.48. The second-order valence-corrected chi connectivity index (χ2v) is 4.80. The Morgan fingerprint density at radius 1 is 1.45 bits per heavy atom. The molecular weight excluding hydrogens is 256 g/mol. The Morgan fingerprint density at radius 3 is 2.80 bits per heavy atom. The number of ether oxygens (including phenoxy) is 1. The van der Waals surface area contributed by atoms with Crippen LogP contribution < -0.4 is 10.6 Å². The first-order chi connectivity index (χ1) is 9.70. The molecule has 0 radical (unpaired) electrons. The fourth-order valence-electron chi connectivity index (χ4n) is 2.28. The fourth-order valence-corrected chi connectivity index (χ4v) is 2.28. The van der Waals surface area contributed by atoms with Crippen LogP contribution in [0.15, 0.2) is 30.3 Å². The predicted octanol–water partition coefficient (Wildman–Crippen LogP) is 1.16. The number of hydrogen-bond donors (Lipinski definition) is 2. The molecule has 1 heterocycles. The molecule has 1 aliphatic heterocycles. The lowest BCUT2D eigenvalue weighted by Gasteiger charge is -2.28. The van der Waals surface area contributed by atoms with E-state index in [1.54, 1.807) is 6.92 Å². The Morgan fingerprint density at radius 2 is 2.20 bits per heavy atom. The number of amides is 1. The van der Waals surface area contributed by atoms with E-state index in [1.165, 1.54) is 0 Å². The van der Waals surface area contributed by atoms with Gasteiger partial charge in [0, 0.05) is 19.0 Å². The molecule has 1 aliphatic rings. The molecule has 1 saturated heterocycles. The first-order valence-corrected chi connectivity index (χ1v) is 6.95. The number of benzene rings is 1. The molecule has 108 valence electrons. The van der Waals surface area contributed by atoms with Crippen LogP contribution in [0.4, 0.5) is 0 Å². The molecule has 1 fully saturated rings. The van der Waals surface area contributed by atoms with Gasteiger partial charge in [-0.15, -0.1) is 0 Å². The van der Waals surface area contributed by atoms with Crippen LogP contribution in [0.5, 0.6) is 0 Å². The highest BCUT2D eigenvalue weighted by molar-refractivity contribution is 5.78. The number of piperidine rings is 1. The van der Waals surface area contributed by atoms with Crippen molar-refractivity contribution in [2.45, 2.75) is 31.8 Å². The van der Waals surface area contributed by atoms with Crippen LogP contribution in [0.1, 0.15) is 31.4 Å². The molecule has 0 aromatic heterocycles. The van der Waals surface area contributed by atoms with Gasteiger partial charge in [-0.05, 0) is 18.9 Å². The van der Waals surface area contributed by atoms with Gasteiger partial charge < -0.3 is 10.1 Å². The number of carbonyl (C=O) groups is 2. The molecule has 0 bridgehead atoms. The van der Waals surface area contributed by atoms with Crippen LogP contribution in [0, 0.1) is 0 Å². The SMILES string of the molecule is CCOC(=O)C(NC1CCC(=O)NC1)c1ccccc1. The molecule has 5 nitrogen and oxygen atoms in total. The van der Waals surface area contributed by atoms with Gasteiger partial charge in [0.25, 0.3) is 0 Å². The third-order valence-corrected chi connectivity index (χ3v) is 3.32. The average Bonchev–Trinajstić information content (AvgIpc) is 2.48. The van der Waals surface area contributed by atoms with Gasteiger partial charge in [0.15, 0.2) is 0 Å². The van der Waals surface area contributed by atoms with E-state index in [1.807, 2.05) is 30.3 Å². The molecule has 2 N–H and O–H groups in total. The van der Waals surface area contributed by atoms with Crippen molar-refractivity contribution in [2.75, 3.05) is 13.2 Å². The van der Waals surface area contributed by atoms with Crippen molar-refractivity contribution in [1.82, 2.24) is 10.6 Å². The maximum absolute atomic E-state index is 12.1. The van der Waals surface area contributed by atoms with Gasteiger partial charge in [-0.1, -0.05) is 30.3 Å². The minimum atomic E-state index is -0.490. The van der Waals surface area contributed by atoms with Crippen LogP contribution in [-0.2, 0) is 14.3 Å². The number of carbonyl (C=O) groups excluding carboxylic acids is 2. The minimum absolute atomic E-state index is 0.0652. The molecule has 0 saturated carbocycles. The monoisotopic (exact) mass is 276 g/mol. The summed E-state index contributed by atoms with van der Waals surface area (Å²) in [7, 11) is 0. The molecule has 1 amide bonds. The van der Waals surface area contributed by atoms with Crippen molar-refractivity contribution in [3.63, 3.8) is 0 Å². The zero-order valence-electron chi connectivity index (χ0n) is 11.6. The van der Waals surface area contributed by atoms with Crippen LogP contribution in [0.25, 0.3) is 0 Å². The second kappa shape index (κ2) is 7.05. The number of hydrogen-bond acceptors (Lipinski definition) is 4. The number of esters is 1. The van der Waals surface area contributed by atoms with Crippen molar-refractivity contribution < 1.29 is 14.3 Å². The Hall–Kier alpha value is -1.88. The fraction of sp³-hybridized carbons (Fsp3) is 0.467. The van der Waals surface area contributed by atoms with Crippen molar-refractivity contribution in [1.29, 1.82) is 0 Å². The molecule has 20 heavy (non-hydrogen) atoms. The Kier molecular flexibility index (Phi) is 5.12. The summed E-state index contributed by atoms with van der Waals surface area (Å²) in [4.78, 5) is 23.3. The summed E-state index contributed by atoms with van der Waals surface area (Å²) in [5.41, 5.74) is 0.878. The number of rotatable bonds is 5. The molecule has 0 aliphatic carbocycles. The lowest BCUT2D eigenvalue weighted by atomic mass is 10.0. The van der Waals surface area contributed by atoms with E-state index in [0.717, 1.165) is 12.0 Å². The topological polar surface area (TPSA) is 67.4 Å². The van der Waals surface area contributed by atoms with E-state index in [0.29, 0.717) is 19.6 Å². The predicted molar refractivity (Wildman–Crippen MR) is 75.0 cm³/mol. The van der Waals surface area contributed by atoms with E-state index in [4.69, 9.17) is 4.74 Å². The van der Waals surface area contributed by atoms with Crippen LogP contribution in [0.2, 0.25) is 0 Å². The normalized spacial score (nSPS) is 20.1. The highest BCUT2D eigenvalue weighted by Gasteiger charge is 2.27. The highest BCUT2D eigenvalue weighted by atomic mass is 16.5. The quantitative estimate of drug-likeness (QED) is 0.792. The van der Waals surface area contributed by atoms with Crippen molar-refractivity contribution in [3.8, 4) is 0 Å². The van der Waals surface area contributed by atoms with Crippen molar-refractivity contribution in [3.05, 3.63) is 35.9 Å². The zero-order chi connectivity index (χ0) is 14.4. The first-order valence-electron chi connectivity index (χ1n) is 6.95. The van der Waals surface area contributed by atoms with Crippen molar-refractivity contribution in [2.24, 2.45) is 0 Å². The van der Waals surface area contributed by atoms with Crippen LogP contribution >= 0.6 is 0 Å². The number of nitrogens with one attached hydrogen (secondary N) is 2. The maximum atomic E-state index is 12.1. The largest absolute Gasteiger partial charge is 0.465 e. The zero-order valence-corrected chi connectivity index (χ0v) is 11.6. The summed E-state index contributed by atoms with van der Waals surface area (Å²) in [5, 5.41) is 6.09. The maximum Gasteiger partial charge on any atom is 0.327 e. The Bertz CT molecular complexity index is 451. The van der Waals surface area contributed by atoms with E-state index in [2.05, 4.69) is 10.6 Å². The molecule has 0 spiro atoms. The van der Waals surface area contributed by atoms with Crippen molar-refractivity contribution >= 4 is 11.9 Å². The van der Waals surface area contributed by atoms with Gasteiger partial charge in [0.1, 0.15) is 6.04 Å². The summed E-state index contributed by atoms with van der Waals surface area (Å²) in [5.74, 6) is -0.217. The van der Waals surface area contributed by atoms with Gasteiger partial charge in [-0.2, -0.15) is 0 Å². The molecule has 1 aromatic rings. The van der Waals surface area contributed by atoms with E-state index in [-0.39, 0.29) is 17.9 Å². The van der Waals surface area contributed by atoms with Gasteiger partial charge in [0.2, 0.25) is 5.91 Å². The highest BCUT2D eigenvalue weighted by Crippen LogP contribution is 2.17. The smallest absolute Gasteiger partial charge is 0.327 e. The molecule has 2 atom stereocenters. The minimum Gasteiger partial charge on any atom is -0.465 e. The van der Waals surface area contributed by atoms with Crippen LogP contribution in [-0.4, -0.2) is 31.1 Å². The first kappa shape index (κ1) is 14.5. The van der Waals surface area contributed by atoms with E-state index < -0.39 is 6.04 Å². The van der Waals surface area contributed by atoms with Gasteiger partial charge in [0.05, 0.1) is 6.61 Å². The van der Waals surface area contributed by atoms with E-state index >= 15 is 0 Å². The molecular formula is C15H20N2O3. The third kappa shape index (κ3) is 3.81. The van der Waals surface area contributed by atoms with Crippen LogP contribution in [0.3, 0.4) is 0 Å². The lowest BCUT2D eigenvalue weighted by molar-refractivity contribution is -0.146.